The first-order chi connectivity index (χ1) is 10.6. The number of nitrogens with one attached hydrogen (secondary N) is 1. The fourth-order valence-electron chi connectivity index (χ4n) is 3.00. The summed E-state index contributed by atoms with van der Waals surface area (Å²) >= 11 is 0. The number of hydrogen-bond acceptors (Lipinski definition) is 4. The summed E-state index contributed by atoms with van der Waals surface area (Å²) in [7, 11) is 0. The Labute approximate surface area is 129 Å². The van der Waals surface area contributed by atoms with Crippen LogP contribution in [0.25, 0.3) is 0 Å². The lowest BCUT2D eigenvalue weighted by atomic mass is 9.83. The predicted molar refractivity (Wildman–Crippen MR) is 80.0 cm³/mol. The average Bonchev–Trinajstić information content (AvgIpc) is 3.15. The zero-order valence-electron chi connectivity index (χ0n) is 12.9. The number of carbonyl (C=O) groups is 2. The highest BCUT2D eigenvalue weighted by molar-refractivity contribution is 5.93. The van der Waals surface area contributed by atoms with Gasteiger partial charge in [0.25, 0.3) is 5.91 Å². The molecule has 6 nitrogen and oxygen atoms in total. The van der Waals surface area contributed by atoms with Crippen molar-refractivity contribution in [1.29, 1.82) is 0 Å². The molecule has 0 atom stereocenters. The zero-order valence-corrected chi connectivity index (χ0v) is 12.9. The first kappa shape index (κ1) is 16.5. The lowest BCUT2D eigenvalue weighted by Gasteiger charge is -2.29. The molecule has 1 aliphatic carbocycles. The minimum absolute atomic E-state index is 0.0374. The minimum Gasteiger partial charge on any atom is -0.475 e. The van der Waals surface area contributed by atoms with E-state index in [1.54, 1.807) is 0 Å². The second-order valence-electron chi connectivity index (χ2n) is 5.81. The van der Waals surface area contributed by atoms with Gasteiger partial charge in [-0.25, -0.2) is 4.79 Å². The Morgan fingerprint density at radius 2 is 2.00 bits per heavy atom. The summed E-state index contributed by atoms with van der Waals surface area (Å²) in [5.74, 6) is -1.73. The van der Waals surface area contributed by atoms with Gasteiger partial charge in [-0.3, -0.25) is 4.79 Å². The molecule has 1 aromatic heterocycles. The highest BCUT2D eigenvalue weighted by Crippen LogP contribution is 2.40. The Balaban J connectivity index is 1.90. The van der Waals surface area contributed by atoms with Crippen molar-refractivity contribution in [2.75, 3.05) is 19.8 Å². The van der Waals surface area contributed by atoms with E-state index in [1.165, 1.54) is 25.0 Å². The third kappa shape index (κ3) is 4.10. The molecule has 0 radical (unpaired) electrons. The molecule has 1 amide bonds. The van der Waals surface area contributed by atoms with Crippen LogP contribution in [0.15, 0.2) is 16.5 Å². The number of aromatic carboxylic acids is 1. The molecule has 1 saturated carbocycles. The Hall–Kier alpha value is -1.82. The topological polar surface area (TPSA) is 88.8 Å². The monoisotopic (exact) mass is 309 g/mol. The first-order valence-electron chi connectivity index (χ1n) is 7.75. The number of furan rings is 1. The Morgan fingerprint density at radius 3 is 2.59 bits per heavy atom. The summed E-state index contributed by atoms with van der Waals surface area (Å²) in [6, 6.07) is 2.68. The van der Waals surface area contributed by atoms with Crippen LogP contribution >= 0.6 is 0 Å². The SMILES string of the molecule is CCOCCC1(CNC(=O)c2ccc(C(=O)O)o2)CCCC1. The largest absolute Gasteiger partial charge is 0.475 e. The summed E-state index contributed by atoms with van der Waals surface area (Å²) in [5, 5.41) is 11.7. The maximum Gasteiger partial charge on any atom is 0.371 e. The molecule has 0 saturated heterocycles. The molecule has 1 aromatic rings. The Bertz CT molecular complexity index is 516. The van der Waals surface area contributed by atoms with E-state index < -0.39 is 5.97 Å². The third-order valence-electron chi connectivity index (χ3n) is 4.31. The second kappa shape index (κ2) is 7.45. The molecule has 2 N–H and O–H groups in total. The number of carbonyl (C=O) groups excluding carboxylic acids is 1. The number of ether oxygens (including phenoxy) is 1. The Kier molecular flexibility index (Phi) is 5.60. The van der Waals surface area contributed by atoms with Crippen molar-refractivity contribution in [1.82, 2.24) is 5.32 Å². The van der Waals surface area contributed by atoms with Gasteiger partial charge in [-0.05, 0) is 43.7 Å². The molecule has 0 aliphatic heterocycles. The molecule has 122 valence electrons. The van der Waals surface area contributed by atoms with Gasteiger partial charge in [-0.2, -0.15) is 0 Å². The molecule has 0 bridgehead atoms. The second-order valence-corrected chi connectivity index (χ2v) is 5.81. The van der Waals surface area contributed by atoms with Crippen LogP contribution in [-0.2, 0) is 4.74 Å². The molecule has 6 heteroatoms. The van der Waals surface area contributed by atoms with Gasteiger partial charge in [0.2, 0.25) is 5.76 Å². The summed E-state index contributed by atoms with van der Waals surface area (Å²) in [4.78, 5) is 22.8. The zero-order chi connectivity index (χ0) is 16.0. The van der Waals surface area contributed by atoms with E-state index >= 15 is 0 Å². The van der Waals surface area contributed by atoms with E-state index in [-0.39, 0.29) is 22.8 Å². The van der Waals surface area contributed by atoms with Crippen LogP contribution in [0.2, 0.25) is 0 Å². The van der Waals surface area contributed by atoms with Crippen LogP contribution < -0.4 is 5.32 Å². The lowest BCUT2D eigenvalue weighted by molar-refractivity contribution is 0.0658. The number of carboxylic acid groups (broad SMARTS) is 1. The summed E-state index contributed by atoms with van der Waals surface area (Å²) < 4.78 is 10.5. The number of carboxylic acids is 1. The van der Waals surface area contributed by atoms with Gasteiger partial charge < -0.3 is 19.6 Å². The maximum absolute atomic E-state index is 12.1. The molecule has 22 heavy (non-hydrogen) atoms. The average molecular weight is 309 g/mol. The molecule has 2 rings (SSSR count). The molecule has 0 spiro atoms. The van der Waals surface area contributed by atoms with Gasteiger partial charge in [0.05, 0.1) is 0 Å². The van der Waals surface area contributed by atoms with Gasteiger partial charge in [0, 0.05) is 19.8 Å². The van der Waals surface area contributed by atoms with Crippen LogP contribution in [0.5, 0.6) is 0 Å². The first-order valence-corrected chi connectivity index (χ1v) is 7.75. The van der Waals surface area contributed by atoms with Crippen molar-refractivity contribution in [3.05, 3.63) is 23.7 Å². The molecular formula is C16H23NO5. The van der Waals surface area contributed by atoms with E-state index in [4.69, 9.17) is 14.3 Å². The number of hydrogen-bond donors (Lipinski definition) is 2. The summed E-state index contributed by atoms with van der Waals surface area (Å²) in [5.41, 5.74) is 0.0903. The standard InChI is InChI=1S/C16H23NO5/c1-2-21-10-9-16(7-3-4-8-16)11-17-14(18)12-5-6-13(22-12)15(19)20/h5-6H,2-4,7-11H2,1H3,(H,17,18)(H,19,20). The lowest BCUT2D eigenvalue weighted by Crippen LogP contribution is -2.36. The van der Waals surface area contributed by atoms with Crippen LogP contribution in [0.1, 0.15) is 60.1 Å². The van der Waals surface area contributed by atoms with Crippen LogP contribution in [-0.4, -0.2) is 36.7 Å². The molecular weight excluding hydrogens is 286 g/mol. The van der Waals surface area contributed by atoms with E-state index in [1.807, 2.05) is 6.92 Å². The van der Waals surface area contributed by atoms with Gasteiger partial charge in [0.15, 0.2) is 5.76 Å². The quantitative estimate of drug-likeness (QED) is 0.721. The van der Waals surface area contributed by atoms with E-state index in [9.17, 15) is 9.59 Å². The fraction of sp³-hybridized carbons (Fsp3) is 0.625. The van der Waals surface area contributed by atoms with Gasteiger partial charge >= 0.3 is 5.97 Å². The highest BCUT2D eigenvalue weighted by atomic mass is 16.5. The van der Waals surface area contributed by atoms with E-state index in [2.05, 4.69) is 5.32 Å². The molecule has 0 aromatic carbocycles. The fourth-order valence-corrected chi connectivity index (χ4v) is 3.00. The number of rotatable bonds is 8. The van der Waals surface area contributed by atoms with Crippen molar-refractivity contribution < 1.29 is 23.8 Å². The molecule has 1 heterocycles. The third-order valence-corrected chi connectivity index (χ3v) is 4.31. The Morgan fingerprint density at radius 1 is 1.32 bits per heavy atom. The van der Waals surface area contributed by atoms with Crippen LogP contribution in [0, 0.1) is 5.41 Å². The maximum atomic E-state index is 12.1. The van der Waals surface area contributed by atoms with Crippen molar-refractivity contribution in [2.45, 2.75) is 39.0 Å². The number of amides is 1. The molecule has 0 unspecified atom stereocenters. The van der Waals surface area contributed by atoms with Gasteiger partial charge in [-0.15, -0.1) is 0 Å². The molecule has 1 aliphatic rings. The summed E-state index contributed by atoms with van der Waals surface area (Å²) in [6.45, 7) is 3.95. The van der Waals surface area contributed by atoms with Crippen molar-refractivity contribution in [3.8, 4) is 0 Å². The van der Waals surface area contributed by atoms with E-state index in [0.717, 1.165) is 19.3 Å². The normalized spacial score (nSPS) is 16.6. The summed E-state index contributed by atoms with van der Waals surface area (Å²) in [6.07, 6.45) is 5.44. The predicted octanol–water partition coefficient (Wildman–Crippen LogP) is 2.69. The van der Waals surface area contributed by atoms with Crippen LogP contribution in [0.3, 0.4) is 0 Å². The minimum atomic E-state index is -1.18. The molecule has 1 fully saturated rings. The van der Waals surface area contributed by atoms with Crippen molar-refractivity contribution in [2.24, 2.45) is 5.41 Å². The van der Waals surface area contributed by atoms with Gasteiger partial charge in [0.1, 0.15) is 0 Å². The highest BCUT2D eigenvalue weighted by Gasteiger charge is 2.34. The van der Waals surface area contributed by atoms with Crippen molar-refractivity contribution in [3.63, 3.8) is 0 Å². The smallest absolute Gasteiger partial charge is 0.371 e. The van der Waals surface area contributed by atoms with Crippen molar-refractivity contribution >= 4 is 11.9 Å². The van der Waals surface area contributed by atoms with Crippen LogP contribution in [0.4, 0.5) is 0 Å². The van der Waals surface area contributed by atoms with E-state index in [0.29, 0.717) is 19.8 Å². The van der Waals surface area contributed by atoms with Gasteiger partial charge in [-0.1, -0.05) is 12.8 Å².